The molecule has 1 heterocycles. The molecule has 1 aromatic rings. The summed E-state index contributed by atoms with van der Waals surface area (Å²) < 4.78 is 1.89. The van der Waals surface area contributed by atoms with Gasteiger partial charge in [0.2, 0.25) is 0 Å². The molecule has 0 aliphatic heterocycles. The van der Waals surface area contributed by atoms with E-state index < -0.39 is 0 Å². The highest BCUT2D eigenvalue weighted by Crippen LogP contribution is 2.00. The van der Waals surface area contributed by atoms with Gasteiger partial charge in [-0.2, -0.15) is 0 Å². The van der Waals surface area contributed by atoms with Crippen molar-refractivity contribution in [3.63, 3.8) is 0 Å². The lowest BCUT2D eigenvalue weighted by atomic mass is 10.3. The van der Waals surface area contributed by atoms with Crippen molar-refractivity contribution >= 4 is 6.29 Å². The molecule has 0 spiro atoms. The molecular weight excluding hydrogens is 178 g/mol. The predicted molar refractivity (Wildman–Crippen MR) is 55.4 cm³/mol. The van der Waals surface area contributed by atoms with Crippen LogP contribution in [0.1, 0.15) is 23.3 Å². The number of rotatable bonds is 6. The highest BCUT2D eigenvalue weighted by molar-refractivity contribution is 5.71. The van der Waals surface area contributed by atoms with Gasteiger partial charge in [-0.25, -0.2) is 4.98 Å². The van der Waals surface area contributed by atoms with Crippen molar-refractivity contribution in [3.8, 4) is 0 Å². The summed E-state index contributed by atoms with van der Waals surface area (Å²) >= 11 is 0. The summed E-state index contributed by atoms with van der Waals surface area (Å²) in [5.74, 6) is 0. The Morgan fingerprint density at radius 2 is 2.29 bits per heavy atom. The van der Waals surface area contributed by atoms with Gasteiger partial charge >= 0.3 is 0 Å². The number of aromatic nitrogens is 2. The standard InChI is InChI=1S/C10H17N3O/c1-12(2)5-3-4-6-13-9-11-7-10(13)8-14/h7-9H,3-6H2,1-2H3. The van der Waals surface area contributed by atoms with Crippen LogP contribution in [0.3, 0.4) is 0 Å². The average molecular weight is 195 g/mol. The van der Waals surface area contributed by atoms with Crippen LogP contribution in [0.25, 0.3) is 0 Å². The van der Waals surface area contributed by atoms with Crippen LogP contribution in [-0.2, 0) is 6.54 Å². The van der Waals surface area contributed by atoms with Gasteiger partial charge in [-0.3, -0.25) is 4.79 Å². The minimum Gasteiger partial charge on any atom is -0.328 e. The van der Waals surface area contributed by atoms with E-state index in [4.69, 9.17) is 0 Å². The summed E-state index contributed by atoms with van der Waals surface area (Å²) in [5, 5.41) is 0. The number of aryl methyl sites for hydroxylation is 1. The van der Waals surface area contributed by atoms with Crippen molar-refractivity contribution in [1.82, 2.24) is 14.5 Å². The van der Waals surface area contributed by atoms with E-state index in [1.165, 1.54) is 0 Å². The molecule has 0 saturated carbocycles. The van der Waals surface area contributed by atoms with Crippen molar-refractivity contribution in [3.05, 3.63) is 18.2 Å². The summed E-state index contributed by atoms with van der Waals surface area (Å²) in [5.41, 5.74) is 0.662. The van der Waals surface area contributed by atoms with Gasteiger partial charge < -0.3 is 9.47 Å². The van der Waals surface area contributed by atoms with Crippen molar-refractivity contribution in [2.75, 3.05) is 20.6 Å². The van der Waals surface area contributed by atoms with Crippen LogP contribution < -0.4 is 0 Å². The van der Waals surface area contributed by atoms with E-state index in [9.17, 15) is 4.79 Å². The normalized spacial score (nSPS) is 10.8. The molecule has 78 valence electrons. The monoisotopic (exact) mass is 195 g/mol. The van der Waals surface area contributed by atoms with Crippen molar-refractivity contribution < 1.29 is 4.79 Å². The molecule has 1 rings (SSSR count). The maximum absolute atomic E-state index is 10.6. The summed E-state index contributed by atoms with van der Waals surface area (Å²) in [4.78, 5) is 16.6. The highest BCUT2D eigenvalue weighted by Gasteiger charge is 1.99. The first kappa shape index (κ1) is 10.9. The number of hydrogen-bond acceptors (Lipinski definition) is 3. The molecule has 1 aromatic heterocycles. The smallest absolute Gasteiger partial charge is 0.168 e. The van der Waals surface area contributed by atoms with Crippen LogP contribution in [0.5, 0.6) is 0 Å². The predicted octanol–water partition coefficient (Wildman–Crippen LogP) is 1.04. The zero-order valence-electron chi connectivity index (χ0n) is 8.81. The third-order valence-electron chi connectivity index (χ3n) is 2.12. The van der Waals surface area contributed by atoms with Gasteiger partial charge in [0, 0.05) is 6.54 Å². The van der Waals surface area contributed by atoms with Crippen LogP contribution in [0.15, 0.2) is 12.5 Å². The molecule has 4 heteroatoms. The van der Waals surface area contributed by atoms with E-state index >= 15 is 0 Å². The van der Waals surface area contributed by atoms with E-state index in [0.29, 0.717) is 5.69 Å². The van der Waals surface area contributed by atoms with Gasteiger partial charge in [0.25, 0.3) is 0 Å². The number of imidazole rings is 1. The molecule has 0 N–H and O–H groups in total. The van der Waals surface area contributed by atoms with Crippen molar-refractivity contribution in [2.45, 2.75) is 19.4 Å². The fraction of sp³-hybridized carbons (Fsp3) is 0.600. The molecule has 0 amide bonds. The quantitative estimate of drug-likeness (QED) is 0.503. The number of unbranched alkanes of at least 4 members (excludes halogenated alkanes) is 1. The number of aldehydes is 1. The molecule has 0 bridgehead atoms. The van der Waals surface area contributed by atoms with Gasteiger partial charge in [0.15, 0.2) is 6.29 Å². The molecule has 14 heavy (non-hydrogen) atoms. The van der Waals surface area contributed by atoms with E-state index in [-0.39, 0.29) is 0 Å². The lowest BCUT2D eigenvalue weighted by Gasteiger charge is -2.09. The molecule has 0 aliphatic rings. The van der Waals surface area contributed by atoms with Crippen LogP contribution in [0.4, 0.5) is 0 Å². The largest absolute Gasteiger partial charge is 0.328 e. The third-order valence-corrected chi connectivity index (χ3v) is 2.12. The molecule has 0 fully saturated rings. The van der Waals surface area contributed by atoms with Gasteiger partial charge in [-0.1, -0.05) is 0 Å². The van der Waals surface area contributed by atoms with Gasteiger partial charge in [0.1, 0.15) is 5.69 Å². The fourth-order valence-electron chi connectivity index (χ4n) is 1.33. The van der Waals surface area contributed by atoms with Crippen LogP contribution in [-0.4, -0.2) is 41.4 Å². The fourth-order valence-corrected chi connectivity index (χ4v) is 1.33. The molecule has 0 aromatic carbocycles. The molecule has 0 aliphatic carbocycles. The van der Waals surface area contributed by atoms with E-state index in [0.717, 1.165) is 32.2 Å². The summed E-state index contributed by atoms with van der Waals surface area (Å²) in [6.07, 6.45) is 6.37. The van der Waals surface area contributed by atoms with Gasteiger partial charge in [-0.05, 0) is 33.5 Å². The summed E-state index contributed by atoms with van der Waals surface area (Å²) in [7, 11) is 4.13. The number of hydrogen-bond donors (Lipinski definition) is 0. The van der Waals surface area contributed by atoms with E-state index in [1.54, 1.807) is 12.5 Å². The Morgan fingerprint density at radius 1 is 1.50 bits per heavy atom. The number of carbonyl (C=O) groups is 1. The molecule has 4 nitrogen and oxygen atoms in total. The summed E-state index contributed by atoms with van der Waals surface area (Å²) in [6, 6.07) is 0. The minimum absolute atomic E-state index is 0.662. The Morgan fingerprint density at radius 3 is 2.93 bits per heavy atom. The Bertz CT molecular complexity index is 281. The van der Waals surface area contributed by atoms with Gasteiger partial charge in [-0.15, -0.1) is 0 Å². The molecule has 0 unspecified atom stereocenters. The van der Waals surface area contributed by atoms with Crippen LogP contribution in [0, 0.1) is 0 Å². The Hall–Kier alpha value is -1.16. The lowest BCUT2D eigenvalue weighted by molar-refractivity contribution is 0.111. The lowest BCUT2D eigenvalue weighted by Crippen LogP contribution is -2.13. The molecular formula is C10H17N3O. The zero-order valence-corrected chi connectivity index (χ0v) is 8.81. The second-order valence-electron chi connectivity index (χ2n) is 3.64. The van der Waals surface area contributed by atoms with Crippen LogP contribution >= 0.6 is 0 Å². The second-order valence-corrected chi connectivity index (χ2v) is 3.64. The molecule has 0 saturated heterocycles. The zero-order chi connectivity index (χ0) is 10.4. The topological polar surface area (TPSA) is 38.1 Å². The Labute approximate surface area is 84.5 Å². The Kier molecular flexibility index (Phi) is 4.32. The number of carbonyl (C=O) groups excluding carboxylic acids is 1. The first-order valence-corrected chi connectivity index (χ1v) is 4.84. The van der Waals surface area contributed by atoms with Crippen molar-refractivity contribution in [1.29, 1.82) is 0 Å². The SMILES string of the molecule is CN(C)CCCCn1cncc1C=O. The maximum Gasteiger partial charge on any atom is 0.168 e. The van der Waals surface area contributed by atoms with Crippen molar-refractivity contribution in [2.24, 2.45) is 0 Å². The second kappa shape index (κ2) is 5.54. The minimum atomic E-state index is 0.662. The highest BCUT2D eigenvalue weighted by atomic mass is 16.1. The Balaban J connectivity index is 2.27. The van der Waals surface area contributed by atoms with Crippen LogP contribution in [0.2, 0.25) is 0 Å². The number of nitrogens with zero attached hydrogens (tertiary/aromatic N) is 3. The van der Waals surface area contributed by atoms with E-state index in [2.05, 4.69) is 24.0 Å². The summed E-state index contributed by atoms with van der Waals surface area (Å²) in [6.45, 7) is 1.97. The van der Waals surface area contributed by atoms with E-state index in [1.807, 2.05) is 4.57 Å². The molecule has 0 atom stereocenters. The maximum atomic E-state index is 10.6. The molecule has 0 radical (unpaired) electrons. The third kappa shape index (κ3) is 3.30. The first-order valence-electron chi connectivity index (χ1n) is 4.84. The average Bonchev–Trinajstić information content (AvgIpc) is 2.59. The van der Waals surface area contributed by atoms with Gasteiger partial charge in [0.05, 0.1) is 12.5 Å². The first-order chi connectivity index (χ1) is 6.74.